The van der Waals surface area contributed by atoms with Gasteiger partial charge in [-0.05, 0) is 35.3 Å². The van der Waals surface area contributed by atoms with E-state index in [9.17, 15) is 0 Å². The molecule has 1 aliphatic rings. The average Bonchev–Trinajstić information content (AvgIpc) is 2.28. The number of nitrogens with two attached hydrogens (primary N) is 1. The second kappa shape index (κ2) is 5.64. The highest BCUT2D eigenvalue weighted by atomic mass is 79.9. The molecule has 17 heavy (non-hydrogen) atoms. The molecule has 6 heteroatoms. The van der Waals surface area contributed by atoms with Crippen LogP contribution < -0.4 is 11.1 Å². The Kier molecular flexibility index (Phi) is 4.17. The molecule has 94 valence electrons. The summed E-state index contributed by atoms with van der Waals surface area (Å²) in [5.74, 6) is 1.10. The number of nitrogens with zero attached hydrogens (tertiary/aromatic N) is 3. The lowest BCUT2D eigenvalue weighted by Gasteiger charge is -2.31. The molecular weight excluding hydrogens is 282 g/mol. The van der Waals surface area contributed by atoms with Crippen LogP contribution in [0.2, 0.25) is 0 Å². The lowest BCUT2D eigenvalue weighted by atomic mass is 10.1. The number of likely N-dealkylation sites (tertiary alicyclic amines) is 1. The summed E-state index contributed by atoms with van der Waals surface area (Å²) >= 11 is 3.32. The number of aromatic nitrogens is 2. The standard InChI is InChI=1S/C11H18BrN5/c1-2-17-5-3-8(4-6-17)14-11-15-9(12)7-10(13)16-11/h7-8H,2-6H2,1H3,(H3,13,14,15,16). The molecule has 1 aromatic heterocycles. The van der Waals surface area contributed by atoms with E-state index in [0.29, 0.717) is 17.8 Å². The van der Waals surface area contributed by atoms with E-state index in [0.717, 1.165) is 37.1 Å². The summed E-state index contributed by atoms with van der Waals surface area (Å²) < 4.78 is 0.721. The fraction of sp³-hybridized carbons (Fsp3) is 0.636. The largest absolute Gasteiger partial charge is 0.383 e. The molecule has 1 aromatic rings. The van der Waals surface area contributed by atoms with Gasteiger partial charge in [0.2, 0.25) is 5.95 Å². The maximum Gasteiger partial charge on any atom is 0.225 e. The highest BCUT2D eigenvalue weighted by molar-refractivity contribution is 9.10. The second-order valence-electron chi connectivity index (χ2n) is 4.29. The van der Waals surface area contributed by atoms with Gasteiger partial charge in [0.05, 0.1) is 0 Å². The van der Waals surface area contributed by atoms with Gasteiger partial charge in [-0.15, -0.1) is 0 Å². The molecule has 2 rings (SSSR count). The van der Waals surface area contributed by atoms with E-state index < -0.39 is 0 Å². The molecule has 0 radical (unpaired) electrons. The number of piperidine rings is 1. The van der Waals surface area contributed by atoms with E-state index in [1.165, 1.54) is 0 Å². The fourth-order valence-electron chi connectivity index (χ4n) is 2.08. The van der Waals surface area contributed by atoms with Crippen molar-refractivity contribution in [1.29, 1.82) is 0 Å². The van der Waals surface area contributed by atoms with E-state index >= 15 is 0 Å². The van der Waals surface area contributed by atoms with Crippen LogP contribution in [0.15, 0.2) is 10.7 Å². The Bertz CT molecular complexity index is 356. The summed E-state index contributed by atoms with van der Waals surface area (Å²) in [7, 11) is 0. The Balaban J connectivity index is 1.93. The number of nitrogen functional groups attached to an aromatic ring is 1. The third-order valence-corrected chi connectivity index (χ3v) is 3.49. The second-order valence-corrected chi connectivity index (χ2v) is 5.10. The van der Waals surface area contributed by atoms with Crippen LogP contribution in [0.25, 0.3) is 0 Å². The molecule has 1 fully saturated rings. The minimum absolute atomic E-state index is 0.450. The van der Waals surface area contributed by atoms with E-state index in [1.54, 1.807) is 6.07 Å². The van der Waals surface area contributed by atoms with Crippen molar-refractivity contribution in [3.05, 3.63) is 10.7 Å². The van der Waals surface area contributed by atoms with E-state index in [-0.39, 0.29) is 0 Å². The Hall–Kier alpha value is -0.880. The van der Waals surface area contributed by atoms with Crippen molar-refractivity contribution >= 4 is 27.7 Å². The predicted molar refractivity (Wildman–Crippen MR) is 72.9 cm³/mol. The molecule has 3 N–H and O–H groups in total. The highest BCUT2D eigenvalue weighted by Gasteiger charge is 2.18. The van der Waals surface area contributed by atoms with Crippen LogP contribution in [0.5, 0.6) is 0 Å². The molecule has 2 heterocycles. The monoisotopic (exact) mass is 299 g/mol. The van der Waals surface area contributed by atoms with Crippen molar-refractivity contribution in [3.8, 4) is 0 Å². The van der Waals surface area contributed by atoms with Gasteiger partial charge in [-0.25, -0.2) is 4.98 Å². The molecule has 0 unspecified atom stereocenters. The van der Waals surface area contributed by atoms with Gasteiger partial charge in [0.15, 0.2) is 0 Å². The maximum atomic E-state index is 5.68. The Morgan fingerprint density at radius 1 is 1.47 bits per heavy atom. The third kappa shape index (κ3) is 3.54. The average molecular weight is 300 g/mol. The molecule has 0 spiro atoms. The van der Waals surface area contributed by atoms with Crippen LogP contribution in [-0.2, 0) is 0 Å². The summed E-state index contributed by atoms with van der Waals surface area (Å²) in [6.45, 7) is 5.61. The summed E-state index contributed by atoms with van der Waals surface area (Å²) in [6, 6.07) is 2.15. The summed E-state index contributed by atoms with van der Waals surface area (Å²) in [5, 5.41) is 3.35. The minimum atomic E-state index is 0.450. The number of anilines is 2. The highest BCUT2D eigenvalue weighted by Crippen LogP contribution is 2.17. The zero-order chi connectivity index (χ0) is 12.3. The molecule has 0 amide bonds. The Labute approximate surface area is 110 Å². The van der Waals surface area contributed by atoms with Gasteiger partial charge < -0.3 is 16.0 Å². The van der Waals surface area contributed by atoms with E-state index in [4.69, 9.17) is 5.73 Å². The number of halogens is 1. The van der Waals surface area contributed by atoms with Crippen molar-refractivity contribution in [2.24, 2.45) is 0 Å². The molecule has 1 aliphatic heterocycles. The van der Waals surface area contributed by atoms with Crippen LogP contribution in [0.4, 0.5) is 11.8 Å². The van der Waals surface area contributed by atoms with Gasteiger partial charge in [-0.1, -0.05) is 6.92 Å². The first-order valence-electron chi connectivity index (χ1n) is 5.96. The lowest BCUT2D eigenvalue weighted by molar-refractivity contribution is 0.229. The quantitative estimate of drug-likeness (QED) is 0.832. The van der Waals surface area contributed by atoms with Gasteiger partial charge in [0, 0.05) is 25.2 Å². The Morgan fingerprint density at radius 3 is 2.76 bits per heavy atom. The maximum absolute atomic E-state index is 5.68. The van der Waals surface area contributed by atoms with Gasteiger partial charge in [0.1, 0.15) is 10.4 Å². The summed E-state index contributed by atoms with van der Waals surface area (Å²) in [6.07, 6.45) is 2.26. The number of hydrogen-bond acceptors (Lipinski definition) is 5. The minimum Gasteiger partial charge on any atom is -0.383 e. The van der Waals surface area contributed by atoms with Crippen molar-refractivity contribution in [2.45, 2.75) is 25.8 Å². The first-order valence-corrected chi connectivity index (χ1v) is 6.75. The molecule has 0 aromatic carbocycles. The molecule has 0 saturated carbocycles. The van der Waals surface area contributed by atoms with Crippen molar-refractivity contribution in [3.63, 3.8) is 0 Å². The van der Waals surface area contributed by atoms with E-state index in [1.807, 2.05) is 0 Å². The van der Waals surface area contributed by atoms with Gasteiger partial charge in [-0.2, -0.15) is 4.98 Å². The molecular formula is C11H18BrN5. The van der Waals surface area contributed by atoms with Crippen molar-refractivity contribution < 1.29 is 0 Å². The number of hydrogen-bond donors (Lipinski definition) is 2. The third-order valence-electron chi connectivity index (χ3n) is 3.08. The van der Waals surface area contributed by atoms with Crippen LogP contribution in [0, 0.1) is 0 Å². The smallest absolute Gasteiger partial charge is 0.225 e. The zero-order valence-corrected chi connectivity index (χ0v) is 11.6. The SMILES string of the molecule is CCN1CCC(Nc2nc(N)cc(Br)n2)CC1. The summed E-state index contributed by atoms with van der Waals surface area (Å²) in [4.78, 5) is 10.9. The topological polar surface area (TPSA) is 67.1 Å². The molecule has 1 saturated heterocycles. The fourth-order valence-corrected chi connectivity index (χ4v) is 2.48. The molecule has 5 nitrogen and oxygen atoms in total. The predicted octanol–water partition coefficient (Wildman–Crippen LogP) is 1.72. The lowest BCUT2D eigenvalue weighted by Crippen LogP contribution is -2.39. The first-order chi connectivity index (χ1) is 8.17. The van der Waals surface area contributed by atoms with Crippen LogP contribution in [0.3, 0.4) is 0 Å². The van der Waals surface area contributed by atoms with Crippen LogP contribution in [0.1, 0.15) is 19.8 Å². The molecule has 0 atom stereocenters. The summed E-state index contributed by atoms with van der Waals surface area (Å²) in [5.41, 5.74) is 5.68. The van der Waals surface area contributed by atoms with Crippen LogP contribution >= 0.6 is 15.9 Å². The normalized spacial score (nSPS) is 18.2. The van der Waals surface area contributed by atoms with E-state index in [2.05, 4.69) is 43.0 Å². The van der Waals surface area contributed by atoms with Gasteiger partial charge in [0.25, 0.3) is 0 Å². The first kappa shape index (κ1) is 12.6. The molecule has 0 bridgehead atoms. The van der Waals surface area contributed by atoms with Crippen molar-refractivity contribution in [1.82, 2.24) is 14.9 Å². The number of nitrogens with one attached hydrogen (secondary N) is 1. The zero-order valence-electron chi connectivity index (χ0n) is 9.99. The number of rotatable bonds is 3. The Morgan fingerprint density at radius 2 is 2.18 bits per heavy atom. The molecule has 0 aliphatic carbocycles. The van der Waals surface area contributed by atoms with Gasteiger partial charge in [-0.3, -0.25) is 0 Å². The van der Waals surface area contributed by atoms with Crippen molar-refractivity contribution in [2.75, 3.05) is 30.7 Å². The van der Waals surface area contributed by atoms with Gasteiger partial charge >= 0.3 is 0 Å². The van der Waals surface area contributed by atoms with Crippen LogP contribution in [-0.4, -0.2) is 40.5 Å².